The van der Waals surface area contributed by atoms with E-state index in [1.165, 1.54) is 16.8 Å². The van der Waals surface area contributed by atoms with Crippen molar-refractivity contribution in [3.63, 3.8) is 0 Å². The van der Waals surface area contributed by atoms with Crippen molar-refractivity contribution in [2.24, 2.45) is 5.92 Å². The Morgan fingerprint density at radius 1 is 0.852 bits per heavy atom. The molecule has 0 bridgehead atoms. The number of hydrogen-bond donors (Lipinski definition) is 2. The SMILES string of the molecule is Clc1ccccc1C1Nc2ccc(Nc3ccccc3)cc2C2C=CCC21. The van der Waals surface area contributed by atoms with Gasteiger partial charge in [-0.2, -0.15) is 0 Å². The molecule has 0 saturated heterocycles. The second-order valence-electron chi connectivity index (χ2n) is 7.29. The van der Waals surface area contributed by atoms with E-state index in [1.807, 2.05) is 30.3 Å². The molecule has 3 unspecified atom stereocenters. The zero-order chi connectivity index (χ0) is 18.2. The van der Waals surface area contributed by atoms with Crippen LogP contribution in [-0.2, 0) is 0 Å². The summed E-state index contributed by atoms with van der Waals surface area (Å²) in [6, 6.07) is 25.3. The number of allylic oxidation sites excluding steroid dienone is 2. The molecule has 3 aromatic carbocycles. The first-order valence-electron chi connectivity index (χ1n) is 9.43. The van der Waals surface area contributed by atoms with Gasteiger partial charge in [0.25, 0.3) is 0 Å². The third kappa shape index (κ3) is 3.00. The van der Waals surface area contributed by atoms with Crippen molar-refractivity contribution >= 4 is 28.7 Å². The number of nitrogens with one attached hydrogen (secondary N) is 2. The van der Waals surface area contributed by atoms with Gasteiger partial charge in [-0.3, -0.25) is 0 Å². The molecule has 5 rings (SSSR count). The van der Waals surface area contributed by atoms with Crippen LogP contribution >= 0.6 is 11.6 Å². The fraction of sp³-hybridized carbons (Fsp3) is 0.167. The van der Waals surface area contributed by atoms with E-state index < -0.39 is 0 Å². The number of rotatable bonds is 3. The monoisotopic (exact) mass is 372 g/mol. The molecule has 0 amide bonds. The van der Waals surface area contributed by atoms with Crippen LogP contribution in [-0.4, -0.2) is 0 Å². The van der Waals surface area contributed by atoms with Gasteiger partial charge in [0.05, 0.1) is 6.04 Å². The first kappa shape index (κ1) is 16.5. The summed E-state index contributed by atoms with van der Waals surface area (Å²) in [6.45, 7) is 0. The van der Waals surface area contributed by atoms with Gasteiger partial charge in [0.15, 0.2) is 0 Å². The number of halogens is 1. The summed E-state index contributed by atoms with van der Waals surface area (Å²) in [7, 11) is 0. The minimum atomic E-state index is 0.235. The lowest BCUT2D eigenvalue weighted by Gasteiger charge is -2.38. The molecule has 0 fully saturated rings. The van der Waals surface area contributed by atoms with Gasteiger partial charge in [0, 0.05) is 28.0 Å². The lowest BCUT2D eigenvalue weighted by Crippen LogP contribution is -2.29. The number of para-hydroxylation sites is 1. The van der Waals surface area contributed by atoms with E-state index in [4.69, 9.17) is 11.6 Å². The van der Waals surface area contributed by atoms with E-state index in [0.29, 0.717) is 11.8 Å². The van der Waals surface area contributed by atoms with Gasteiger partial charge in [-0.05, 0) is 59.9 Å². The average molecular weight is 373 g/mol. The second-order valence-corrected chi connectivity index (χ2v) is 7.70. The molecular weight excluding hydrogens is 352 g/mol. The molecule has 0 radical (unpaired) electrons. The molecule has 0 saturated carbocycles. The summed E-state index contributed by atoms with van der Waals surface area (Å²) >= 11 is 6.52. The predicted octanol–water partition coefficient (Wildman–Crippen LogP) is 6.91. The third-order valence-corrected chi connectivity index (χ3v) is 6.01. The van der Waals surface area contributed by atoms with Gasteiger partial charge in [0.1, 0.15) is 0 Å². The quantitative estimate of drug-likeness (QED) is 0.488. The van der Waals surface area contributed by atoms with Gasteiger partial charge >= 0.3 is 0 Å². The maximum atomic E-state index is 6.52. The first-order valence-corrected chi connectivity index (χ1v) is 9.81. The Bertz CT molecular complexity index is 996. The van der Waals surface area contributed by atoms with Crippen LogP contribution in [0.15, 0.2) is 84.9 Å². The van der Waals surface area contributed by atoms with Crippen molar-refractivity contribution in [1.29, 1.82) is 0 Å². The summed E-state index contributed by atoms with van der Waals surface area (Å²) < 4.78 is 0. The Morgan fingerprint density at radius 2 is 1.67 bits per heavy atom. The summed E-state index contributed by atoms with van der Waals surface area (Å²) in [4.78, 5) is 0. The van der Waals surface area contributed by atoms with Crippen LogP contribution in [0.5, 0.6) is 0 Å². The van der Waals surface area contributed by atoms with E-state index in [0.717, 1.165) is 22.8 Å². The van der Waals surface area contributed by atoms with Crippen molar-refractivity contribution < 1.29 is 0 Å². The van der Waals surface area contributed by atoms with Gasteiger partial charge in [-0.25, -0.2) is 0 Å². The normalized spacial score (nSPS) is 22.6. The molecule has 0 spiro atoms. The molecule has 3 atom stereocenters. The summed E-state index contributed by atoms with van der Waals surface area (Å²) in [6.07, 6.45) is 5.75. The standard InChI is InChI=1S/C24H21ClN2/c25-22-12-5-4-9-20(22)24-19-11-6-10-18(19)21-15-17(13-14-23(21)27-24)26-16-7-2-1-3-8-16/h1-10,12-15,18-19,24,26-27H,11H2. The summed E-state index contributed by atoms with van der Waals surface area (Å²) in [5.41, 5.74) is 5.98. The summed E-state index contributed by atoms with van der Waals surface area (Å²) in [5.74, 6) is 0.907. The van der Waals surface area contributed by atoms with Crippen LogP contribution in [0.1, 0.15) is 29.5 Å². The van der Waals surface area contributed by atoms with Crippen molar-refractivity contribution in [2.45, 2.75) is 18.4 Å². The van der Waals surface area contributed by atoms with Gasteiger partial charge in [-0.15, -0.1) is 0 Å². The summed E-state index contributed by atoms with van der Waals surface area (Å²) in [5, 5.41) is 8.12. The van der Waals surface area contributed by atoms with Gasteiger partial charge in [0.2, 0.25) is 0 Å². The highest BCUT2D eigenvalue weighted by atomic mass is 35.5. The highest BCUT2D eigenvalue weighted by Gasteiger charge is 2.38. The molecule has 2 aliphatic rings. The van der Waals surface area contributed by atoms with Crippen LogP contribution in [0.4, 0.5) is 17.1 Å². The Labute approximate surface area is 164 Å². The molecule has 2 nitrogen and oxygen atoms in total. The van der Waals surface area contributed by atoms with Gasteiger partial charge < -0.3 is 10.6 Å². The zero-order valence-corrected chi connectivity index (χ0v) is 15.7. The van der Waals surface area contributed by atoms with E-state index in [1.54, 1.807) is 0 Å². The Hall–Kier alpha value is -2.71. The van der Waals surface area contributed by atoms with E-state index >= 15 is 0 Å². The van der Waals surface area contributed by atoms with Crippen LogP contribution in [0.25, 0.3) is 0 Å². The molecule has 134 valence electrons. The van der Waals surface area contributed by atoms with Crippen molar-refractivity contribution in [2.75, 3.05) is 10.6 Å². The van der Waals surface area contributed by atoms with E-state index in [9.17, 15) is 0 Å². The molecule has 2 N–H and O–H groups in total. The largest absolute Gasteiger partial charge is 0.378 e. The fourth-order valence-electron chi connectivity index (χ4n) is 4.40. The number of benzene rings is 3. The molecule has 27 heavy (non-hydrogen) atoms. The average Bonchev–Trinajstić information content (AvgIpc) is 3.19. The van der Waals surface area contributed by atoms with Crippen LogP contribution in [0, 0.1) is 5.92 Å². The minimum Gasteiger partial charge on any atom is -0.378 e. The highest BCUT2D eigenvalue weighted by Crippen LogP contribution is 2.51. The van der Waals surface area contributed by atoms with Crippen molar-refractivity contribution in [1.82, 2.24) is 0 Å². The van der Waals surface area contributed by atoms with Crippen LogP contribution in [0.2, 0.25) is 5.02 Å². The number of hydrogen-bond acceptors (Lipinski definition) is 2. The fourth-order valence-corrected chi connectivity index (χ4v) is 4.65. The molecule has 1 aliphatic carbocycles. The maximum absolute atomic E-state index is 6.52. The Kier molecular flexibility index (Phi) is 4.14. The van der Waals surface area contributed by atoms with Crippen molar-refractivity contribution in [3.8, 4) is 0 Å². The minimum absolute atomic E-state index is 0.235. The molecule has 0 aromatic heterocycles. The molecule has 1 heterocycles. The Balaban J connectivity index is 1.51. The third-order valence-electron chi connectivity index (χ3n) is 5.67. The molecule has 1 aliphatic heterocycles. The van der Waals surface area contributed by atoms with E-state index in [2.05, 4.69) is 65.3 Å². The Morgan fingerprint density at radius 3 is 2.52 bits per heavy atom. The van der Waals surface area contributed by atoms with E-state index in [-0.39, 0.29) is 6.04 Å². The molecular formula is C24H21ClN2. The molecule has 3 heteroatoms. The molecule has 3 aromatic rings. The predicted molar refractivity (Wildman–Crippen MR) is 114 cm³/mol. The lowest BCUT2D eigenvalue weighted by molar-refractivity contribution is 0.426. The van der Waals surface area contributed by atoms with Crippen molar-refractivity contribution in [3.05, 3.63) is 101 Å². The second kappa shape index (κ2) is 6.79. The van der Waals surface area contributed by atoms with Gasteiger partial charge in [-0.1, -0.05) is 60.2 Å². The first-order chi connectivity index (χ1) is 13.3. The zero-order valence-electron chi connectivity index (χ0n) is 14.9. The topological polar surface area (TPSA) is 24.1 Å². The highest BCUT2D eigenvalue weighted by molar-refractivity contribution is 6.31. The van der Waals surface area contributed by atoms with Crippen LogP contribution < -0.4 is 10.6 Å². The smallest absolute Gasteiger partial charge is 0.0568 e. The van der Waals surface area contributed by atoms with Crippen LogP contribution in [0.3, 0.4) is 0 Å². The maximum Gasteiger partial charge on any atom is 0.0568 e. The number of fused-ring (bicyclic) bond motifs is 3. The number of anilines is 3. The lowest BCUT2D eigenvalue weighted by atomic mass is 9.77.